The summed E-state index contributed by atoms with van der Waals surface area (Å²) >= 11 is 5.97. The third kappa shape index (κ3) is 6.22. The number of halogens is 3. The minimum absolute atomic E-state index is 0.0295. The summed E-state index contributed by atoms with van der Waals surface area (Å²) in [5, 5.41) is 6.82. The zero-order chi connectivity index (χ0) is 21.5. The van der Waals surface area contributed by atoms with Gasteiger partial charge in [-0.2, -0.15) is 0 Å². The number of carbonyl (C=O) groups is 1. The Morgan fingerprint density at radius 1 is 1.23 bits per heavy atom. The molecule has 0 bridgehead atoms. The highest BCUT2D eigenvalue weighted by molar-refractivity contribution is 6.30. The molecule has 0 spiro atoms. The Labute approximate surface area is 180 Å². The van der Waals surface area contributed by atoms with Crippen molar-refractivity contribution < 1.29 is 18.3 Å². The summed E-state index contributed by atoms with van der Waals surface area (Å²) in [6.45, 7) is 2.28. The van der Waals surface area contributed by atoms with Gasteiger partial charge in [0.25, 0.3) is 0 Å². The molecule has 1 amide bonds. The quantitative estimate of drug-likeness (QED) is 0.592. The van der Waals surface area contributed by atoms with Crippen molar-refractivity contribution in [3.05, 3.63) is 70.2 Å². The molecule has 3 rings (SSSR count). The number of carbonyl (C=O) groups excluding carboxylic acids is 1. The fraction of sp³-hybridized carbons (Fsp3) is 0.409. The van der Waals surface area contributed by atoms with Crippen LogP contribution in [0.5, 0.6) is 0 Å². The molecule has 30 heavy (non-hydrogen) atoms. The Hall–Kier alpha value is -2.06. The molecule has 2 aromatic rings. The number of ether oxygens (including phenoxy) is 1. The molecule has 0 saturated carbocycles. The highest BCUT2D eigenvalue weighted by atomic mass is 35.5. The summed E-state index contributed by atoms with van der Waals surface area (Å²) in [4.78, 5) is 14.8. The monoisotopic (exact) mass is 437 g/mol. The minimum atomic E-state index is -0.473. The number of nitrogens with zero attached hydrogens (tertiary/aromatic N) is 1. The van der Waals surface area contributed by atoms with Gasteiger partial charge in [0, 0.05) is 49.9 Å². The van der Waals surface area contributed by atoms with Crippen LogP contribution in [0.3, 0.4) is 0 Å². The predicted molar refractivity (Wildman–Crippen MR) is 112 cm³/mol. The van der Waals surface area contributed by atoms with Crippen LogP contribution in [-0.2, 0) is 22.6 Å². The van der Waals surface area contributed by atoms with E-state index in [1.807, 2.05) is 24.3 Å². The number of nitrogens with one attached hydrogen (secondary N) is 2. The molecular formula is C22H26ClF2N3O2. The first-order valence-electron chi connectivity index (χ1n) is 9.88. The molecule has 1 aliphatic heterocycles. The normalized spacial score (nSPS) is 19.2. The average Bonchev–Trinajstić information content (AvgIpc) is 3.13. The van der Waals surface area contributed by atoms with Crippen LogP contribution in [0.15, 0.2) is 42.5 Å². The highest BCUT2D eigenvalue weighted by Crippen LogP contribution is 2.22. The average molecular weight is 438 g/mol. The third-order valence-corrected chi connectivity index (χ3v) is 5.45. The van der Waals surface area contributed by atoms with Crippen LogP contribution in [0, 0.1) is 11.6 Å². The van der Waals surface area contributed by atoms with E-state index in [2.05, 4.69) is 15.5 Å². The van der Waals surface area contributed by atoms with Crippen molar-refractivity contribution in [2.24, 2.45) is 0 Å². The maximum Gasteiger partial charge on any atom is 0.237 e. The summed E-state index contributed by atoms with van der Waals surface area (Å²) in [5.41, 5.74) is 1.32. The molecule has 0 aliphatic carbocycles. The number of likely N-dealkylation sites (tertiary alicyclic amines) is 1. The van der Waals surface area contributed by atoms with E-state index in [9.17, 15) is 13.6 Å². The molecular weight excluding hydrogens is 412 g/mol. The molecule has 1 saturated heterocycles. The first-order chi connectivity index (χ1) is 14.5. The first-order valence-corrected chi connectivity index (χ1v) is 10.3. The predicted octanol–water partition coefficient (Wildman–Crippen LogP) is 3.11. The smallest absolute Gasteiger partial charge is 0.237 e. The van der Waals surface area contributed by atoms with Gasteiger partial charge in [-0.25, -0.2) is 8.78 Å². The number of amides is 1. The molecule has 2 aromatic carbocycles. The van der Waals surface area contributed by atoms with Crippen LogP contribution in [0.1, 0.15) is 17.5 Å². The second-order valence-electron chi connectivity index (χ2n) is 7.40. The molecule has 0 unspecified atom stereocenters. The van der Waals surface area contributed by atoms with Crippen LogP contribution >= 0.6 is 11.6 Å². The van der Waals surface area contributed by atoms with Crippen molar-refractivity contribution in [2.75, 3.05) is 26.8 Å². The van der Waals surface area contributed by atoms with E-state index in [1.54, 1.807) is 7.11 Å². The number of rotatable bonds is 9. The Balaban J connectivity index is 1.66. The van der Waals surface area contributed by atoms with E-state index in [0.29, 0.717) is 37.7 Å². The lowest BCUT2D eigenvalue weighted by atomic mass is 10.1. The van der Waals surface area contributed by atoms with Gasteiger partial charge in [0.2, 0.25) is 5.91 Å². The molecule has 1 heterocycles. The van der Waals surface area contributed by atoms with Crippen molar-refractivity contribution in [3.63, 3.8) is 0 Å². The topological polar surface area (TPSA) is 53.6 Å². The molecule has 0 aromatic heterocycles. The van der Waals surface area contributed by atoms with E-state index in [-0.39, 0.29) is 30.1 Å². The fourth-order valence-corrected chi connectivity index (χ4v) is 3.78. The van der Waals surface area contributed by atoms with Crippen LogP contribution < -0.4 is 10.6 Å². The third-order valence-electron chi connectivity index (χ3n) is 5.20. The van der Waals surface area contributed by atoms with E-state index in [1.165, 1.54) is 6.07 Å². The molecule has 1 fully saturated rings. The highest BCUT2D eigenvalue weighted by Gasteiger charge is 2.36. The fourth-order valence-electron chi connectivity index (χ4n) is 3.65. The van der Waals surface area contributed by atoms with Crippen molar-refractivity contribution in [2.45, 2.75) is 31.6 Å². The van der Waals surface area contributed by atoms with Gasteiger partial charge in [0.1, 0.15) is 11.6 Å². The molecule has 1 aliphatic rings. The lowest BCUT2D eigenvalue weighted by Gasteiger charge is -2.23. The standard InChI is InChI=1S/C22H26ClF2N3O2/c1-30-9-8-26-22(29)21-11-19(27-12-16-10-18(24)6-7-20(16)25)14-28(21)13-15-2-4-17(23)5-3-15/h2-7,10,19,21,27H,8-9,11-14H2,1H3,(H,26,29)/t19-,21+/m1/s1. The van der Waals surface area contributed by atoms with Gasteiger partial charge in [-0.3, -0.25) is 9.69 Å². The summed E-state index contributed by atoms with van der Waals surface area (Å²) in [7, 11) is 1.58. The number of benzene rings is 2. The Morgan fingerprint density at radius 2 is 2.00 bits per heavy atom. The van der Waals surface area contributed by atoms with Gasteiger partial charge < -0.3 is 15.4 Å². The SMILES string of the molecule is COCCNC(=O)[C@@H]1C[C@@H](NCc2cc(F)ccc2F)CN1Cc1ccc(Cl)cc1. The molecule has 2 N–H and O–H groups in total. The largest absolute Gasteiger partial charge is 0.383 e. The van der Waals surface area contributed by atoms with Crippen LogP contribution in [-0.4, -0.2) is 49.7 Å². The first kappa shape index (κ1) is 22.6. The molecule has 0 radical (unpaired) electrons. The van der Waals surface area contributed by atoms with Gasteiger partial charge in [-0.05, 0) is 42.3 Å². The summed E-state index contributed by atoms with van der Waals surface area (Å²) in [6, 6.07) is 10.6. The summed E-state index contributed by atoms with van der Waals surface area (Å²) < 4.78 is 32.3. The van der Waals surface area contributed by atoms with Gasteiger partial charge in [0.05, 0.1) is 12.6 Å². The number of methoxy groups -OCH3 is 1. The Bertz CT molecular complexity index is 851. The Morgan fingerprint density at radius 3 is 2.73 bits per heavy atom. The van der Waals surface area contributed by atoms with Crippen molar-refractivity contribution >= 4 is 17.5 Å². The van der Waals surface area contributed by atoms with Gasteiger partial charge in [-0.15, -0.1) is 0 Å². The van der Waals surface area contributed by atoms with Crippen molar-refractivity contribution in [1.82, 2.24) is 15.5 Å². The van der Waals surface area contributed by atoms with Gasteiger partial charge >= 0.3 is 0 Å². The molecule has 162 valence electrons. The van der Waals surface area contributed by atoms with Crippen LogP contribution in [0.4, 0.5) is 8.78 Å². The maximum absolute atomic E-state index is 13.9. The van der Waals surface area contributed by atoms with E-state index in [4.69, 9.17) is 16.3 Å². The number of hydrogen-bond acceptors (Lipinski definition) is 4. The van der Waals surface area contributed by atoms with Gasteiger partial charge in [-0.1, -0.05) is 23.7 Å². The lowest BCUT2D eigenvalue weighted by Crippen LogP contribution is -2.43. The number of hydrogen-bond donors (Lipinski definition) is 2. The maximum atomic E-state index is 13.9. The molecule has 8 heteroatoms. The zero-order valence-electron chi connectivity index (χ0n) is 16.8. The van der Waals surface area contributed by atoms with E-state index >= 15 is 0 Å². The van der Waals surface area contributed by atoms with Crippen molar-refractivity contribution in [3.8, 4) is 0 Å². The lowest BCUT2D eigenvalue weighted by molar-refractivity contribution is -0.125. The van der Waals surface area contributed by atoms with Crippen molar-refractivity contribution in [1.29, 1.82) is 0 Å². The van der Waals surface area contributed by atoms with Gasteiger partial charge in [0.15, 0.2) is 0 Å². The second kappa shape index (κ2) is 10.8. The molecule has 5 nitrogen and oxygen atoms in total. The molecule has 2 atom stereocenters. The van der Waals surface area contributed by atoms with Crippen LogP contribution in [0.2, 0.25) is 5.02 Å². The zero-order valence-corrected chi connectivity index (χ0v) is 17.6. The summed E-state index contributed by atoms with van der Waals surface area (Å²) in [5.74, 6) is -0.990. The van der Waals surface area contributed by atoms with E-state index in [0.717, 1.165) is 17.7 Å². The van der Waals surface area contributed by atoms with Crippen LogP contribution in [0.25, 0.3) is 0 Å². The Kier molecular flexibility index (Phi) is 8.16. The summed E-state index contributed by atoms with van der Waals surface area (Å²) in [6.07, 6.45) is 0.573. The van der Waals surface area contributed by atoms with E-state index < -0.39 is 11.6 Å². The minimum Gasteiger partial charge on any atom is -0.383 e. The second-order valence-corrected chi connectivity index (χ2v) is 7.84.